The van der Waals surface area contributed by atoms with Crippen LogP contribution in [0.4, 0.5) is 5.13 Å². The van der Waals surface area contributed by atoms with Gasteiger partial charge in [0.15, 0.2) is 11.5 Å². The third-order valence-corrected chi connectivity index (χ3v) is 7.08. The molecule has 1 amide bonds. The molecule has 0 aliphatic heterocycles. The number of hydrogen-bond donors (Lipinski definition) is 1. The second-order valence-corrected chi connectivity index (χ2v) is 10.6. The minimum atomic E-state index is -3.57. The molecule has 0 aliphatic rings. The summed E-state index contributed by atoms with van der Waals surface area (Å²) in [5.74, 6) is 0.551. The van der Waals surface area contributed by atoms with Gasteiger partial charge in [0.1, 0.15) is 30.6 Å². The molecule has 0 saturated heterocycles. The molecule has 1 heterocycles. The van der Waals surface area contributed by atoms with Crippen LogP contribution in [0.25, 0.3) is 6.08 Å². The lowest BCUT2D eigenvalue weighted by molar-refractivity contribution is -0.112. The Kier molecular flexibility index (Phi) is 9.24. The summed E-state index contributed by atoms with van der Waals surface area (Å²) in [7, 11) is -3.57. The monoisotopic (exact) mass is 548 g/mol. The molecule has 0 fully saturated rings. The summed E-state index contributed by atoms with van der Waals surface area (Å²) in [6.07, 6.45) is 2.29. The highest BCUT2D eigenvalue weighted by Gasteiger charge is 2.18. The molecule has 2 aromatic carbocycles. The van der Waals surface area contributed by atoms with E-state index in [1.54, 1.807) is 19.1 Å². The lowest BCUT2D eigenvalue weighted by Crippen LogP contribution is -2.13. The summed E-state index contributed by atoms with van der Waals surface area (Å²) in [6.45, 7) is 2.59. The number of carbonyl (C=O) groups is 1. The third-order valence-electron chi connectivity index (χ3n) is 4.29. The van der Waals surface area contributed by atoms with Crippen LogP contribution in [-0.2, 0) is 14.6 Å². The van der Waals surface area contributed by atoms with Gasteiger partial charge in [-0.25, -0.2) is 8.42 Å². The van der Waals surface area contributed by atoms with Gasteiger partial charge in [-0.2, -0.15) is 5.26 Å². The predicted molar refractivity (Wildman–Crippen MR) is 135 cm³/mol. The first kappa shape index (κ1) is 26.9. The van der Waals surface area contributed by atoms with E-state index in [0.29, 0.717) is 40.8 Å². The maximum absolute atomic E-state index is 12.5. The number of ether oxygens (including phenoxy) is 3. The Morgan fingerprint density at radius 2 is 1.89 bits per heavy atom. The molecule has 36 heavy (non-hydrogen) atoms. The minimum absolute atomic E-state index is 0.0592. The average molecular weight is 549 g/mol. The van der Waals surface area contributed by atoms with E-state index in [9.17, 15) is 18.5 Å². The predicted octanol–water partition coefficient (Wildman–Crippen LogP) is 4.00. The molecular weight excluding hydrogens is 528 g/mol. The lowest BCUT2D eigenvalue weighted by atomic mass is 10.1. The molecule has 0 bridgehead atoms. The van der Waals surface area contributed by atoms with E-state index in [1.807, 2.05) is 30.3 Å². The largest absolute Gasteiger partial charge is 0.490 e. The fourth-order valence-electron chi connectivity index (χ4n) is 2.78. The van der Waals surface area contributed by atoms with E-state index in [0.717, 1.165) is 6.26 Å². The summed E-state index contributed by atoms with van der Waals surface area (Å²) < 4.78 is 39.9. The standard InChI is InChI=1S/C23H21ClN4O6S2/c1-3-32-19-13-15(12-18(24)20(19)34-10-9-33-17-7-5-4-6-8-17)11-16(14-25)21(29)26-22-27-28-23(35-22)36(2,30)31/h4-8,11-13H,3,9-10H2,1-2H3,(H,26,27,29). The minimum Gasteiger partial charge on any atom is -0.490 e. The summed E-state index contributed by atoms with van der Waals surface area (Å²) in [5, 5.41) is 19.2. The molecule has 0 radical (unpaired) electrons. The molecule has 0 unspecified atom stereocenters. The molecule has 13 heteroatoms. The Morgan fingerprint density at radius 1 is 1.17 bits per heavy atom. The van der Waals surface area contributed by atoms with Gasteiger partial charge in [-0.3, -0.25) is 10.1 Å². The zero-order chi connectivity index (χ0) is 26.1. The quantitative estimate of drug-likeness (QED) is 0.163. The van der Waals surface area contributed by atoms with Crippen molar-refractivity contribution in [3.63, 3.8) is 0 Å². The number of hydrogen-bond acceptors (Lipinski definition) is 10. The number of sulfone groups is 1. The maximum atomic E-state index is 12.5. The highest BCUT2D eigenvalue weighted by molar-refractivity contribution is 7.92. The highest BCUT2D eigenvalue weighted by atomic mass is 35.5. The number of rotatable bonds is 11. The van der Waals surface area contributed by atoms with Gasteiger partial charge in [-0.05, 0) is 42.8 Å². The fourth-order valence-corrected chi connectivity index (χ4v) is 4.56. The summed E-state index contributed by atoms with van der Waals surface area (Å²) in [5.41, 5.74) is 0.145. The van der Waals surface area contributed by atoms with E-state index < -0.39 is 15.7 Å². The lowest BCUT2D eigenvalue weighted by Gasteiger charge is -2.15. The van der Waals surface area contributed by atoms with Crippen molar-refractivity contribution in [3.8, 4) is 23.3 Å². The Labute approximate surface area is 217 Å². The Hall–Kier alpha value is -3.66. The van der Waals surface area contributed by atoms with Crippen LogP contribution in [0.1, 0.15) is 12.5 Å². The normalized spacial score (nSPS) is 11.4. The Balaban J connectivity index is 1.74. The number of benzene rings is 2. The average Bonchev–Trinajstić information content (AvgIpc) is 3.31. The van der Waals surface area contributed by atoms with Crippen molar-refractivity contribution < 1.29 is 27.4 Å². The number of amides is 1. The molecular formula is C23H21ClN4O6S2. The molecule has 188 valence electrons. The van der Waals surface area contributed by atoms with Gasteiger partial charge < -0.3 is 14.2 Å². The van der Waals surface area contributed by atoms with Gasteiger partial charge in [0.05, 0.1) is 11.6 Å². The maximum Gasteiger partial charge on any atom is 0.268 e. The molecule has 3 rings (SSSR count). The van der Waals surface area contributed by atoms with Crippen molar-refractivity contribution in [1.82, 2.24) is 10.2 Å². The number of carbonyl (C=O) groups excluding carboxylic acids is 1. The van der Waals surface area contributed by atoms with E-state index in [1.165, 1.54) is 12.1 Å². The third kappa shape index (κ3) is 7.42. The van der Waals surface area contributed by atoms with E-state index in [2.05, 4.69) is 15.5 Å². The summed E-state index contributed by atoms with van der Waals surface area (Å²) in [4.78, 5) is 12.5. The zero-order valence-corrected chi connectivity index (χ0v) is 21.6. The summed E-state index contributed by atoms with van der Waals surface area (Å²) in [6, 6.07) is 14.2. The smallest absolute Gasteiger partial charge is 0.268 e. The van der Waals surface area contributed by atoms with Crippen molar-refractivity contribution in [2.75, 3.05) is 31.4 Å². The van der Waals surface area contributed by atoms with Gasteiger partial charge >= 0.3 is 0 Å². The van der Waals surface area contributed by atoms with E-state index >= 15 is 0 Å². The first-order valence-electron chi connectivity index (χ1n) is 10.4. The number of aromatic nitrogens is 2. The second kappa shape index (κ2) is 12.3. The van der Waals surface area contributed by atoms with E-state index in [4.69, 9.17) is 25.8 Å². The van der Waals surface area contributed by atoms with E-state index in [-0.39, 0.29) is 33.3 Å². The fraction of sp³-hybridized carbons (Fsp3) is 0.217. The first-order valence-corrected chi connectivity index (χ1v) is 13.5. The van der Waals surface area contributed by atoms with Crippen LogP contribution in [0, 0.1) is 11.3 Å². The Bertz CT molecular complexity index is 1400. The molecule has 1 N–H and O–H groups in total. The molecule has 1 aromatic heterocycles. The number of nitrogens with one attached hydrogen (secondary N) is 1. The molecule has 10 nitrogen and oxygen atoms in total. The molecule has 0 spiro atoms. The van der Waals surface area contributed by atoms with Gasteiger partial charge in [-0.15, -0.1) is 10.2 Å². The van der Waals surface area contributed by atoms with Gasteiger partial charge in [0.25, 0.3) is 5.91 Å². The topological polar surface area (TPSA) is 140 Å². The van der Waals surface area contributed by atoms with Crippen molar-refractivity contribution in [2.45, 2.75) is 11.3 Å². The van der Waals surface area contributed by atoms with Crippen molar-refractivity contribution in [2.24, 2.45) is 0 Å². The van der Waals surface area contributed by atoms with Crippen LogP contribution >= 0.6 is 22.9 Å². The SMILES string of the molecule is CCOc1cc(C=C(C#N)C(=O)Nc2nnc(S(C)(=O)=O)s2)cc(Cl)c1OCCOc1ccccc1. The number of para-hydroxylation sites is 1. The van der Waals surface area contributed by atoms with Crippen LogP contribution < -0.4 is 19.5 Å². The van der Waals surface area contributed by atoms with Gasteiger partial charge in [0, 0.05) is 6.26 Å². The van der Waals surface area contributed by atoms with Crippen LogP contribution in [0.5, 0.6) is 17.2 Å². The van der Waals surface area contributed by atoms with Crippen LogP contribution in [-0.4, -0.2) is 50.6 Å². The Morgan fingerprint density at radius 3 is 2.53 bits per heavy atom. The van der Waals surface area contributed by atoms with Crippen LogP contribution in [0.15, 0.2) is 52.4 Å². The number of nitriles is 1. The molecule has 3 aromatic rings. The molecule has 0 atom stereocenters. The van der Waals surface area contributed by atoms with Crippen molar-refractivity contribution in [3.05, 3.63) is 58.6 Å². The number of anilines is 1. The van der Waals surface area contributed by atoms with Crippen molar-refractivity contribution in [1.29, 1.82) is 5.26 Å². The highest BCUT2D eigenvalue weighted by Crippen LogP contribution is 2.37. The van der Waals surface area contributed by atoms with Crippen LogP contribution in [0.2, 0.25) is 5.02 Å². The van der Waals surface area contributed by atoms with Crippen molar-refractivity contribution >= 4 is 49.9 Å². The van der Waals surface area contributed by atoms with Gasteiger partial charge in [0.2, 0.25) is 19.3 Å². The van der Waals surface area contributed by atoms with Crippen LogP contribution in [0.3, 0.4) is 0 Å². The first-order chi connectivity index (χ1) is 17.2. The second-order valence-electron chi connectivity index (χ2n) is 7.04. The number of nitrogens with zero attached hydrogens (tertiary/aromatic N) is 3. The summed E-state index contributed by atoms with van der Waals surface area (Å²) >= 11 is 7.09. The molecule has 0 aliphatic carbocycles. The number of halogens is 1. The molecule has 0 saturated carbocycles. The van der Waals surface area contributed by atoms with Gasteiger partial charge in [-0.1, -0.05) is 41.1 Å². The zero-order valence-electron chi connectivity index (χ0n) is 19.2.